The Hall–Kier alpha value is -4.42. The molecule has 1 heterocycles. The molecule has 1 aliphatic rings. The van der Waals surface area contributed by atoms with Gasteiger partial charge in [0.05, 0.1) is 30.6 Å². The molecule has 0 spiro atoms. The maximum Gasteiger partial charge on any atom is 0.269 e. The second-order valence-electron chi connectivity index (χ2n) is 10.1. The second-order valence-corrected chi connectivity index (χ2v) is 12.0. The number of nitrogens with zero attached hydrogens (tertiary/aromatic N) is 3. The van der Waals surface area contributed by atoms with Crippen LogP contribution in [0, 0.1) is 10.1 Å². The van der Waals surface area contributed by atoms with Gasteiger partial charge < -0.3 is 19.4 Å². The molecule has 1 amide bonds. The minimum atomic E-state index is -4.07. The summed E-state index contributed by atoms with van der Waals surface area (Å²) in [7, 11) is -0.979. The highest BCUT2D eigenvalue weighted by Crippen LogP contribution is 2.33. The van der Waals surface area contributed by atoms with Crippen LogP contribution in [0.1, 0.15) is 24.0 Å². The van der Waals surface area contributed by atoms with Gasteiger partial charge in [0, 0.05) is 48.4 Å². The number of sulfonamides is 1. The molecule has 220 valence electrons. The number of H-pyrrole nitrogens is 1. The van der Waals surface area contributed by atoms with Gasteiger partial charge in [0.2, 0.25) is 15.9 Å². The van der Waals surface area contributed by atoms with Gasteiger partial charge in [0.15, 0.2) is 11.5 Å². The Morgan fingerprint density at radius 2 is 1.74 bits per heavy atom. The molecule has 0 bridgehead atoms. The highest BCUT2D eigenvalue weighted by molar-refractivity contribution is 7.89. The number of non-ortho nitro benzene ring substituents is 1. The number of para-hydroxylation sites is 1. The zero-order valence-electron chi connectivity index (χ0n) is 23.4. The van der Waals surface area contributed by atoms with E-state index in [1.54, 1.807) is 24.1 Å². The third kappa shape index (κ3) is 6.24. The molecule has 1 saturated carbocycles. The van der Waals surface area contributed by atoms with Crippen LogP contribution in [0.4, 0.5) is 5.69 Å². The van der Waals surface area contributed by atoms with Gasteiger partial charge in [-0.1, -0.05) is 24.3 Å². The van der Waals surface area contributed by atoms with Crippen LogP contribution in [0.2, 0.25) is 0 Å². The number of hydrogen-bond donors (Lipinski definition) is 1. The molecule has 5 rings (SSSR count). The molecular formula is C30H32N4O7S. The van der Waals surface area contributed by atoms with Crippen LogP contribution < -0.4 is 9.47 Å². The lowest BCUT2D eigenvalue weighted by Crippen LogP contribution is -2.44. The van der Waals surface area contributed by atoms with Crippen LogP contribution in [0.5, 0.6) is 11.5 Å². The monoisotopic (exact) mass is 592 g/mol. The zero-order valence-corrected chi connectivity index (χ0v) is 24.2. The van der Waals surface area contributed by atoms with Gasteiger partial charge in [-0.3, -0.25) is 14.9 Å². The van der Waals surface area contributed by atoms with Crippen LogP contribution in [0.15, 0.2) is 77.8 Å². The van der Waals surface area contributed by atoms with Crippen LogP contribution in [0.3, 0.4) is 0 Å². The summed E-state index contributed by atoms with van der Waals surface area (Å²) in [4.78, 5) is 29.2. The Kier molecular flexibility index (Phi) is 8.46. The summed E-state index contributed by atoms with van der Waals surface area (Å²) < 4.78 is 39.2. The lowest BCUT2D eigenvalue weighted by molar-refractivity contribution is -0.384. The number of nitrogens with one attached hydrogen (secondary N) is 1. The van der Waals surface area contributed by atoms with Gasteiger partial charge in [-0.2, -0.15) is 4.31 Å². The Labute approximate surface area is 243 Å². The maximum absolute atomic E-state index is 13.9. The van der Waals surface area contributed by atoms with Crippen molar-refractivity contribution in [3.8, 4) is 11.5 Å². The summed E-state index contributed by atoms with van der Waals surface area (Å²) in [5, 5.41) is 12.1. The fourth-order valence-electron chi connectivity index (χ4n) is 4.97. The van der Waals surface area contributed by atoms with E-state index in [1.807, 2.05) is 36.5 Å². The third-order valence-corrected chi connectivity index (χ3v) is 9.31. The van der Waals surface area contributed by atoms with Crippen molar-refractivity contribution in [1.82, 2.24) is 14.2 Å². The van der Waals surface area contributed by atoms with Crippen molar-refractivity contribution in [3.63, 3.8) is 0 Å². The van der Waals surface area contributed by atoms with E-state index in [4.69, 9.17) is 9.47 Å². The number of carbonyl (C=O) groups excluding carboxylic acids is 1. The normalized spacial score (nSPS) is 13.3. The molecule has 3 aromatic carbocycles. The van der Waals surface area contributed by atoms with Gasteiger partial charge >= 0.3 is 0 Å². The zero-order chi connectivity index (χ0) is 29.9. The van der Waals surface area contributed by atoms with Crippen LogP contribution in [-0.2, 0) is 27.8 Å². The molecule has 42 heavy (non-hydrogen) atoms. The van der Waals surface area contributed by atoms with E-state index < -0.39 is 14.9 Å². The van der Waals surface area contributed by atoms with E-state index in [0.29, 0.717) is 37.3 Å². The summed E-state index contributed by atoms with van der Waals surface area (Å²) in [6.07, 6.45) is 3.77. The number of ether oxygens (including phenoxy) is 2. The fraction of sp³-hybridized carbons (Fsp3) is 0.300. The first-order chi connectivity index (χ1) is 20.2. The van der Waals surface area contributed by atoms with Gasteiger partial charge in [0.25, 0.3) is 5.69 Å². The SMILES string of the molecule is COc1ccc(CN(CCc2c[nH]c3ccccc23)C(=O)CN(C2CC2)S(=O)(=O)c2ccc([N+](=O)[O-])cc2)cc1OC. The Morgan fingerprint density at radius 3 is 2.40 bits per heavy atom. The molecule has 0 aliphatic heterocycles. The van der Waals surface area contributed by atoms with Crippen LogP contribution in [-0.4, -0.2) is 66.8 Å². The summed E-state index contributed by atoms with van der Waals surface area (Å²) in [6, 6.07) is 17.8. The maximum atomic E-state index is 13.9. The largest absolute Gasteiger partial charge is 0.493 e. The lowest BCUT2D eigenvalue weighted by Gasteiger charge is -2.28. The molecule has 4 aromatic rings. The van der Waals surface area contributed by atoms with Crippen molar-refractivity contribution < 1.29 is 27.6 Å². The number of nitro groups is 1. The third-order valence-electron chi connectivity index (χ3n) is 7.40. The molecular weight excluding hydrogens is 560 g/mol. The van der Waals surface area contributed by atoms with Crippen LogP contribution >= 0.6 is 0 Å². The van der Waals surface area contributed by atoms with Gasteiger partial charge in [-0.15, -0.1) is 0 Å². The molecule has 12 heteroatoms. The Balaban J connectivity index is 1.41. The predicted molar refractivity (Wildman–Crippen MR) is 157 cm³/mol. The van der Waals surface area contributed by atoms with Gasteiger partial charge in [-0.25, -0.2) is 8.42 Å². The number of methoxy groups -OCH3 is 2. The molecule has 1 aromatic heterocycles. The number of aromatic amines is 1. The van der Waals surface area contributed by atoms with Crippen molar-refractivity contribution in [3.05, 3.63) is 94.2 Å². The van der Waals surface area contributed by atoms with E-state index in [0.717, 1.165) is 34.2 Å². The second kappa shape index (κ2) is 12.2. The number of carbonyl (C=O) groups is 1. The Morgan fingerprint density at radius 1 is 1.02 bits per heavy atom. The molecule has 0 atom stereocenters. The van der Waals surface area contributed by atoms with Gasteiger partial charge in [0.1, 0.15) is 0 Å². The van der Waals surface area contributed by atoms with Crippen molar-refractivity contribution in [1.29, 1.82) is 0 Å². The molecule has 1 N–H and O–H groups in total. The minimum absolute atomic E-state index is 0.0852. The lowest BCUT2D eigenvalue weighted by atomic mass is 10.1. The van der Waals surface area contributed by atoms with E-state index in [2.05, 4.69) is 4.98 Å². The average molecular weight is 593 g/mol. The van der Waals surface area contributed by atoms with Gasteiger partial charge in [-0.05, 0) is 60.7 Å². The van der Waals surface area contributed by atoms with Crippen LogP contribution in [0.25, 0.3) is 10.9 Å². The smallest absolute Gasteiger partial charge is 0.269 e. The molecule has 1 aliphatic carbocycles. The number of hydrogen-bond acceptors (Lipinski definition) is 7. The molecule has 11 nitrogen and oxygen atoms in total. The quantitative estimate of drug-likeness (QED) is 0.178. The van der Waals surface area contributed by atoms with Crippen molar-refractivity contribution in [2.75, 3.05) is 27.3 Å². The number of benzene rings is 3. The first-order valence-corrected chi connectivity index (χ1v) is 14.9. The number of fused-ring (bicyclic) bond motifs is 1. The minimum Gasteiger partial charge on any atom is -0.493 e. The molecule has 0 unspecified atom stereocenters. The number of rotatable bonds is 13. The van der Waals surface area contributed by atoms with Crippen molar-refractivity contribution >= 4 is 32.5 Å². The van der Waals surface area contributed by atoms with Crippen molar-refractivity contribution in [2.24, 2.45) is 0 Å². The van der Waals surface area contributed by atoms with E-state index in [9.17, 15) is 23.3 Å². The fourth-order valence-corrected chi connectivity index (χ4v) is 6.60. The topological polar surface area (TPSA) is 135 Å². The summed E-state index contributed by atoms with van der Waals surface area (Å²) in [6.45, 7) is 0.244. The predicted octanol–water partition coefficient (Wildman–Crippen LogP) is 4.52. The first kappa shape index (κ1) is 29.1. The Bertz CT molecular complexity index is 1700. The van der Waals surface area contributed by atoms with Crippen molar-refractivity contribution in [2.45, 2.75) is 36.7 Å². The summed E-state index contributed by atoms with van der Waals surface area (Å²) in [5.41, 5.74) is 2.64. The first-order valence-electron chi connectivity index (χ1n) is 13.5. The molecule has 0 radical (unpaired) electrons. The van der Waals surface area contributed by atoms with E-state index in [1.165, 1.54) is 23.5 Å². The standard InChI is InChI=1S/C30H32N4O7S/c1-40-28-14-7-21(17-29(28)41-2)19-32(16-15-22-18-31-27-6-4-3-5-26(22)27)30(35)20-33(23-8-9-23)42(38,39)25-12-10-24(11-13-25)34(36)37/h3-7,10-14,17-18,23,31H,8-9,15-16,19-20H2,1-2H3. The summed E-state index contributed by atoms with van der Waals surface area (Å²) >= 11 is 0. The average Bonchev–Trinajstić information content (AvgIpc) is 3.76. The molecule has 0 saturated heterocycles. The highest BCUT2D eigenvalue weighted by atomic mass is 32.2. The highest BCUT2D eigenvalue weighted by Gasteiger charge is 2.40. The van der Waals surface area contributed by atoms with E-state index >= 15 is 0 Å². The number of aromatic nitrogens is 1. The van der Waals surface area contributed by atoms with E-state index in [-0.39, 0.29) is 35.6 Å². The number of nitro benzene ring substituents is 1. The summed E-state index contributed by atoms with van der Waals surface area (Å²) in [5.74, 6) is 0.744. The molecule has 1 fully saturated rings. The number of amides is 1.